The monoisotopic (exact) mass is 185 g/mol. The summed E-state index contributed by atoms with van der Waals surface area (Å²) in [4.78, 5) is 0. The van der Waals surface area contributed by atoms with Crippen molar-refractivity contribution in [2.24, 2.45) is 0 Å². The van der Waals surface area contributed by atoms with Gasteiger partial charge in [-0.3, -0.25) is 0 Å². The first kappa shape index (κ1) is 9.22. The predicted octanol–water partition coefficient (Wildman–Crippen LogP) is 1.48. The molecule has 1 aromatic carbocycles. The maximum absolute atomic E-state index is 10.3. The van der Waals surface area contributed by atoms with Gasteiger partial charge in [-0.15, -0.1) is 0 Å². The van der Waals surface area contributed by atoms with Crippen molar-refractivity contribution in [3.8, 4) is 5.75 Å². The van der Waals surface area contributed by atoms with Crippen LogP contribution in [0.4, 0.5) is 0 Å². The van der Waals surface area contributed by atoms with Crippen LogP contribution in [-0.4, -0.2) is 8.76 Å². The lowest BCUT2D eigenvalue weighted by Gasteiger charge is -2.11. The lowest BCUT2D eigenvalue weighted by atomic mass is 10.1. The van der Waals surface area contributed by atoms with Crippen molar-refractivity contribution >= 4 is 11.4 Å². The Labute approximate surface area is 73.9 Å². The molecule has 0 N–H and O–H groups in total. The lowest BCUT2D eigenvalue weighted by molar-refractivity contribution is 0.437. The Morgan fingerprint density at radius 1 is 1.33 bits per heavy atom. The Hall–Kier alpha value is -0.870. The van der Waals surface area contributed by atoms with E-state index in [0.717, 1.165) is 11.1 Å². The van der Waals surface area contributed by atoms with E-state index in [1.165, 1.54) is 0 Å². The second kappa shape index (κ2) is 3.69. The maximum Gasteiger partial charge on any atom is 0.145 e. The molecule has 0 spiro atoms. The van der Waals surface area contributed by atoms with Crippen molar-refractivity contribution in [2.45, 2.75) is 13.8 Å². The van der Waals surface area contributed by atoms with Crippen LogP contribution in [0.15, 0.2) is 18.2 Å². The molecule has 0 radical (unpaired) electrons. The summed E-state index contributed by atoms with van der Waals surface area (Å²) >= 11 is -2.49. The Bertz CT molecular complexity index is 289. The third kappa shape index (κ3) is 2.06. The van der Waals surface area contributed by atoms with Crippen LogP contribution < -0.4 is 4.18 Å². The smallest absolute Gasteiger partial charge is 0.145 e. The highest BCUT2D eigenvalue weighted by atomic mass is 32.2. The first-order valence-electron chi connectivity index (χ1n) is 3.45. The molecule has 66 valence electrons. The SMILES string of the molecule is Cc1cccc(C)c1OS(=O)[O-]. The van der Waals surface area contributed by atoms with E-state index >= 15 is 0 Å². The third-order valence-corrected chi connectivity index (χ3v) is 1.86. The highest BCUT2D eigenvalue weighted by molar-refractivity contribution is 7.74. The van der Waals surface area contributed by atoms with Crippen LogP contribution in [0.5, 0.6) is 5.75 Å². The minimum atomic E-state index is -2.49. The Kier molecular flexibility index (Phi) is 2.83. The second-order valence-corrected chi connectivity index (χ2v) is 3.08. The maximum atomic E-state index is 10.3. The van der Waals surface area contributed by atoms with Crippen LogP contribution in [0.25, 0.3) is 0 Å². The van der Waals surface area contributed by atoms with Crippen molar-refractivity contribution in [3.63, 3.8) is 0 Å². The predicted molar refractivity (Wildman–Crippen MR) is 45.5 cm³/mol. The molecule has 0 aliphatic carbocycles. The second-order valence-electron chi connectivity index (χ2n) is 2.51. The largest absolute Gasteiger partial charge is 0.740 e. The van der Waals surface area contributed by atoms with Gasteiger partial charge in [-0.25, -0.2) is 4.21 Å². The van der Waals surface area contributed by atoms with Crippen LogP contribution in [0, 0.1) is 13.8 Å². The van der Waals surface area contributed by atoms with E-state index in [-0.39, 0.29) is 0 Å². The van der Waals surface area contributed by atoms with E-state index in [0.29, 0.717) is 5.75 Å². The van der Waals surface area contributed by atoms with Crippen LogP contribution in [0.3, 0.4) is 0 Å². The molecule has 4 heteroatoms. The van der Waals surface area contributed by atoms with Crippen LogP contribution in [0.2, 0.25) is 0 Å². The zero-order valence-corrected chi connectivity index (χ0v) is 7.68. The van der Waals surface area contributed by atoms with Gasteiger partial charge in [0.15, 0.2) is 0 Å². The number of benzene rings is 1. The Morgan fingerprint density at radius 2 is 1.83 bits per heavy atom. The molecule has 0 fully saturated rings. The highest BCUT2D eigenvalue weighted by Gasteiger charge is 2.02. The quantitative estimate of drug-likeness (QED) is 0.655. The van der Waals surface area contributed by atoms with Crippen molar-refractivity contribution in [1.82, 2.24) is 0 Å². The number of aryl methyl sites for hydroxylation is 2. The van der Waals surface area contributed by atoms with Gasteiger partial charge in [0.05, 0.1) is 0 Å². The fourth-order valence-corrected chi connectivity index (χ4v) is 1.40. The van der Waals surface area contributed by atoms with Crippen molar-refractivity contribution < 1.29 is 12.9 Å². The molecule has 3 nitrogen and oxygen atoms in total. The molecular weight excluding hydrogens is 176 g/mol. The first-order chi connectivity index (χ1) is 5.61. The number of hydrogen-bond acceptors (Lipinski definition) is 3. The number of rotatable bonds is 2. The zero-order valence-electron chi connectivity index (χ0n) is 6.87. The minimum absolute atomic E-state index is 0.422. The summed E-state index contributed by atoms with van der Waals surface area (Å²) in [6.45, 7) is 3.60. The van der Waals surface area contributed by atoms with Crippen LogP contribution >= 0.6 is 0 Å². The minimum Gasteiger partial charge on any atom is -0.740 e. The van der Waals surface area contributed by atoms with Gasteiger partial charge in [-0.05, 0) is 25.0 Å². The van der Waals surface area contributed by atoms with Gasteiger partial charge in [0.1, 0.15) is 17.1 Å². The van der Waals surface area contributed by atoms with E-state index < -0.39 is 11.4 Å². The molecule has 0 saturated heterocycles. The lowest BCUT2D eigenvalue weighted by Crippen LogP contribution is -2.00. The van der Waals surface area contributed by atoms with Crippen LogP contribution in [0.1, 0.15) is 11.1 Å². The van der Waals surface area contributed by atoms with Crippen molar-refractivity contribution in [3.05, 3.63) is 29.3 Å². The zero-order chi connectivity index (χ0) is 9.14. The van der Waals surface area contributed by atoms with E-state index in [4.69, 9.17) is 0 Å². The van der Waals surface area contributed by atoms with Gasteiger partial charge >= 0.3 is 0 Å². The van der Waals surface area contributed by atoms with Gasteiger partial charge in [0.25, 0.3) is 0 Å². The topological polar surface area (TPSA) is 49.4 Å². The molecular formula is C8H9O3S-. The summed E-state index contributed by atoms with van der Waals surface area (Å²) < 4.78 is 25.1. The Morgan fingerprint density at radius 3 is 2.25 bits per heavy atom. The van der Waals surface area contributed by atoms with Gasteiger partial charge in [0.2, 0.25) is 0 Å². The van der Waals surface area contributed by atoms with E-state index in [1.54, 1.807) is 26.0 Å². The molecule has 0 bridgehead atoms. The number of hydrogen-bond donors (Lipinski definition) is 0. The molecule has 1 aromatic rings. The summed E-state index contributed by atoms with van der Waals surface area (Å²) in [7, 11) is 0. The third-order valence-electron chi connectivity index (χ3n) is 1.56. The fraction of sp³-hybridized carbons (Fsp3) is 0.250. The number of para-hydroxylation sites is 1. The summed E-state index contributed by atoms with van der Waals surface area (Å²) in [5.41, 5.74) is 1.64. The molecule has 0 saturated carbocycles. The molecule has 1 unspecified atom stereocenters. The standard InChI is InChI=1S/C8H10O3S/c1-6-4-3-5-7(2)8(6)11-12(9)10/h3-5H,1-2H3,(H,9,10)/p-1. The molecule has 0 heterocycles. The first-order valence-corrected chi connectivity index (χ1v) is 4.45. The molecule has 1 rings (SSSR count). The average molecular weight is 185 g/mol. The molecule has 0 amide bonds. The summed E-state index contributed by atoms with van der Waals surface area (Å²) in [6, 6.07) is 5.45. The van der Waals surface area contributed by atoms with Gasteiger partial charge in [-0.2, -0.15) is 0 Å². The van der Waals surface area contributed by atoms with E-state index in [1.807, 2.05) is 6.07 Å². The van der Waals surface area contributed by atoms with Crippen molar-refractivity contribution in [1.29, 1.82) is 0 Å². The Balaban J connectivity index is 3.04. The van der Waals surface area contributed by atoms with Gasteiger partial charge in [0, 0.05) is 0 Å². The molecule has 0 aliphatic rings. The normalized spacial score (nSPS) is 12.6. The van der Waals surface area contributed by atoms with Crippen LogP contribution in [-0.2, 0) is 11.4 Å². The van der Waals surface area contributed by atoms with E-state index in [9.17, 15) is 8.76 Å². The van der Waals surface area contributed by atoms with Gasteiger partial charge < -0.3 is 8.74 Å². The highest BCUT2D eigenvalue weighted by Crippen LogP contribution is 2.22. The van der Waals surface area contributed by atoms with Gasteiger partial charge in [-0.1, -0.05) is 18.2 Å². The fourth-order valence-electron chi connectivity index (χ4n) is 0.999. The average Bonchev–Trinajstić information content (AvgIpc) is 1.97. The molecule has 1 atom stereocenters. The molecule has 12 heavy (non-hydrogen) atoms. The molecule has 0 aromatic heterocycles. The summed E-state index contributed by atoms with van der Waals surface area (Å²) in [5, 5.41) is 0. The summed E-state index contributed by atoms with van der Waals surface area (Å²) in [5.74, 6) is 0.422. The molecule has 0 aliphatic heterocycles. The van der Waals surface area contributed by atoms with E-state index in [2.05, 4.69) is 4.18 Å². The van der Waals surface area contributed by atoms with Crippen molar-refractivity contribution in [2.75, 3.05) is 0 Å². The summed E-state index contributed by atoms with van der Waals surface area (Å²) in [6.07, 6.45) is 0.